The summed E-state index contributed by atoms with van der Waals surface area (Å²) in [7, 11) is 0. The number of allylic oxidation sites excluding steroid dienone is 2. The summed E-state index contributed by atoms with van der Waals surface area (Å²) < 4.78 is 16.0. The first-order valence-corrected chi connectivity index (χ1v) is 9.86. The number of ketones is 1. The monoisotopic (exact) mass is 404 g/mol. The normalized spacial score (nSPS) is 19.8. The van der Waals surface area contributed by atoms with Crippen LogP contribution in [0.1, 0.15) is 38.3 Å². The third-order valence-corrected chi connectivity index (χ3v) is 5.63. The summed E-state index contributed by atoms with van der Waals surface area (Å²) in [5.74, 6) is 0.422. The van der Waals surface area contributed by atoms with Crippen LogP contribution >= 0.6 is 0 Å². The molecule has 3 aromatic rings. The molecule has 1 aliphatic heterocycles. The van der Waals surface area contributed by atoms with Gasteiger partial charge in [-0.2, -0.15) is 4.98 Å². The molecule has 30 heavy (non-hydrogen) atoms. The number of phenolic OH excluding ortho intramolecular Hbond substituents is 1. The zero-order valence-corrected chi connectivity index (χ0v) is 16.7. The minimum atomic E-state index is -0.542. The Morgan fingerprint density at radius 2 is 1.97 bits per heavy atom. The van der Waals surface area contributed by atoms with E-state index in [1.807, 2.05) is 6.07 Å². The molecule has 1 aliphatic carbocycles. The summed E-state index contributed by atoms with van der Waals surface area (Å²) in [5.41, 5.74) is 2.27. The van der Waals surface area contributed by atoms with Crippen LogP contribution in [0.15, 0.2) is 59.8 Å². The maximum absolute atomic E-state index is 14.4. The molecule has 0 saturated heterocycles. The second kappa shape index (κ2) is 6.52. The highest BCUT2D eigenvalue weighted by molar-refractivity contribution is 6.00. The molecule has 5 rings (SSSR count). The van der Waals surface area contributed by atoms with Gasteiger partial charge in [0, 0.05) is 17.7 Å². The van der Waals surface area contributed by atoms with Crippen molar-refractivity contribution >= 4 is 11.7 Å². The van der Waals surface area contributed by atoms with Gasteiger partial charge < -0.3 is 10.4 Å². The number of Topliss-reactive ketones (excluding diaryl/α,β-unsaturated/α-hetero) is 1. The van der Waals surface area contributed by atoms with Crippen molar-refractivity contribution in [1.29, 1.82) is 0 Å². The molecule has 2 aromatic carbocycles. The molecule has 6 nitrogen and oxygen atoms in total. The van der Waals surface area contributed by atoms with Crippen molar-refractivity contribution in [2.24, 2.45) is 5.41 Å². The Morgan fingerprint density at radius 3 is 2.73 bits per heavy atom. The zero-order chi connectivity index (χ0) is 21.0. The van der Waals surface area contributed by atoms with E-state index in [0.29, 0.717) is 29.9 Å². The fourth-order valence-corrected chi connectivity index (χ4v) is 4.37. The smallest absolute Gasteiger partial charge is 0.226 e. The van der Waals surface area contributed by atoms with E-state index < -0.39 is 11.9 Å². The Labute approximate surface area is 173 Å². The van der Waals surface area contributed by atoms with E-state index in [1.54, 1.807) is 41.1 Å². The molecule has 152 valence electrons. The number of fused-ring (bicyclic) bond motifs is 1. The van der Waals surface area contributed by atoms with Crippen LogP contribution in [0.2, 0.25) is 0 Å². The van der Waals surface area contributed by atoms with Crippen LogP contribution < -0.4 is 5.32 Å². The molecule has 2 heterocycles. The lowest BCUT2D eigenvalue weighted by Gasteiger charge is -2.38. The Morgan fingerprint density at radius 1 is 1.17 bits per heavy atom. The first-order valence-electron chi connectivity index (χ1n) is 9.86. The van der Waals surface area contributed by atoms with E-state index in [0.717, 1.165) is 11.3 Å². The number of nitrogens with zero attached hydrogens (tertiary/aromatic N) is 3. The molecule has 1 aromatic heterocycles. The molecular formula is C23H21FN4O2. The summed E-state index contributed by atoms with van der Waals surface area (Å²) in [6.07, 6.45) is 1.11. The number of carbonyl (C=O) groups is 1. The van der Waals surface area contributed by atoms with Crippen LogP contribution in [0.25, 0.3) is 11.4 Å². The highest BCUT2D eigenvalue weighted by Crippen LogP contribution is 2.46. The predicted molar refractivity (Wildman–Crippen MR) is 110 cm³/mol. The number of aromatic nitrogens is 3. The largest absolute Gasteiger partial charge is 0.508 e. The van der Waals surface area contributed by atoms with Crippen molar-refractivity contribution in [1.82, 2.24) is 14.8 Å². The fourth-order valence-electron chi connectivity index (χ4n) is 4.37. The van der Waals surface area contributed by atoms with Gasteiger partial charge in [0.2, 0.25) is 5.95 Å². The Bertz CT molecular complexity index is 1210. The third kappa shape index (κ3) is 2.98. The average Bonchev–Trinajstić information content (AvgIpc) is 3.09. The maximum atomic E-state index is 14.4. The lowest BCUT2D eigenvalue weighted by molar-refractivity contribution is -0.118. The standard InChI is InChI=1S/C23H21FN4O2/c1-23(2)11-17-19(18(30)12-23)20(13-6-5-7-14(29)10-13)28-22(25-17)26-21(27-28)15-8-3-4-9-16(15)24/h3-10,20,29H,11-12H2,1-2H3,(H,25,26,27). The zero-order valence-electron chi connectivity index (χ0n) is 16.7. The summed E-state index contributed by atoms with van der Waals surface area (Å²) >= 11 is 0. The summed E-state index contributed by atoms with van der Waals surface area (Å²) in [6, 6.07) is 12.6. The van der Waals surface area contributed by atoms with Gasteiger partial charge in [0.15, 0.2) is 11.6 Å². The highest BCUT2D eigenvalue weighted by atomic mass is 19.1. The number of halogens is 1. The molecule has 2 N–H and O–H groups in total. The van der Waals surface area contributed by atoms with Gasteiger partial charge in [-0.05, 0) is 41.7 Å². The minimum absolute atomic E-state index is 0.0377. The van der Waals surface area contributed by atoms with Gasteiger partial charge in [-0.25, -0.2) is 9.07 Å². The Hall–Kier alpha value is -3.48. The first kappa shape index (κ1) is 18.5. The van der Waals surface area contributed by atoms with Crippen LogP contribution in [0, 0.1) is 11.2 Å². The SMILES string of the molecule is CC1(C)CC(=O)C2=C(C1)Nc1nc(-c3ccccc3F)nn1C2c1cccc(O)c1. The lowest BCUT2D eigenvalue weighted by atomic mass is 9.73. The number of nitrogens with one attached hydrogen (secondary N) is 1. The van der Waals surface area contributed by atoms with Crippen LogP contribution in [-0.2, 0) is 4.79 Å². The minimum Gasteiger partial charge on any atom is -0.508 e. The number of anilines is 1. The van der Waals surface area contributed by atoms with Crippen LogP contribution in [-0.4, -0.2) is 25.7 Å². The fraction of sp³-hybridized carbons (Fsp3) is 0.261. The number of carbonyl (C=O) groups excluding carboxylic acids is 1. The number of aromatic hydroxyl groups is 1. The summed E-state index contributed by atoms with van der Waals surface area (Å²) in [6.45, 7) is 4.12. The molecule has 0 fully saturated rings. The molecule has 0 spiro atoms. The van der Waals surface area contributed by atoms with E-state index in [9.17, 15) is 14.3 Å². The van der Waals surface area contributed by atoms with Gasteiger partial charge >= 0.3 is 0 Å². The van der Waals surface area contributed by atoms with Crippen molar-refractivity contribution in [3.05, 3.63) is 71.2 Å². The van der Waals surface area contributed by atoms with Gasteiger partial charge in [0.05, 0.1) is 5.56 Å². The molecule has 1 unspecified atom stereocenters. The van der Waals surface area contributed by atoms with Crippen molar-refractivity contribution in [2.45, 2.75) is 32.7 Å². The van der Waals surface area contributed by atoms with Gasteiger partial charge in [0.1, 0.15) is 17.6 Å². The van der Waals surface area contributed by atoms with Gasteiger partial charge in [-0.3, -0.25) is 4.79 Å². The second-order valence-corrected chi connectivity index (χ2v) is 8.64. The topological polar surface area (TPSA) is 80.0 Å². The van der Waals surface area contributed by atoms with Gasteiger partial charge in [0.25, 0.3) is 0 Å². The summed E-state index contributed by atoms with van der Waals surface area (Å²) in [5, 5.41) is 17.9. The van der Waals surface area contributed by atoms with E-state index in [4.69, 9.17) is 0 Å². The highest BCUT2D eigenvalue weighted by Gasteiger charge is 2.42. The average molecular weight is 404 g/mol. The molecule has 0 amide bonds. The van der Waals surface area contributed by atoms with E-state index in [2.05, 4.69) is 29.2 Å². The van der Waals surface area contributed by atoms with Crippen molar-refractivity contribution in [2.75, 3.05) is 5.32 Å². The molecular weight excluding hydrogens is 383 g/mol. The Balaban J connectivity index is 1.71. The van der Waals surface area contributed by atoms with Crippen LogP contribution in [0.4, 0.5) is 10.3 Å². The van der Waals surface area contributed by atoms with Crippen LogP contribution in [0.5, 0.6) is 5.75 Å². The van der Waals surface area contributed by atoms with Crippen molar-refractivity contribution in [3.63, 3.8) is 0 Å². The molecule has 2 aliphatic rings. The van der Waals surface area contributed by atoms with Gasteiger partial charge in [-0.1, -0.05) is 38.1 Å². The molecule has 7 heteroatoms. The van der Waals surface area contributed by atoms with Gasteiger partial charge in [-0.15, -0.1) is 5.10 Å². The molecule has 0 radical (unpaired) electrons. The predicted octanol–water partition coefficient (Wildman–Crippen LogP) is 4.45. The first-order chi connectivity index (χ1) is 14.3. The molecule has 0 saturated carbocycles. The van der Waals surface area contributed by atoms with Crippen LogP contribution in [0.3, 0.4) is 0 Å². The molecule has 1 atom stereocenters. The van der Waals surface area contributed by atoms with Crippen molar-refractivity contribution < 1.29 is 14.3 Å². The lowest BCUT2D eigenvalue weighted by Crippen LogP contribution is -2.36. The number of hydrogen-bond donors (Lipinski definition) is 2. The van der Waals surface area contributed by atoms with E-state index in [-0.39, 0.29) is 22.8 Å². The number of hydrogen-bond acceptors (Lipinski definition) is 5. The van der Waals surface area contributed by atoms with Crippen molar-refractivity contribution in [3.8, 4) is 17.1 Å². The number of rotatable bonds is 2. The quantitative estimate of drug-likeness (QED) is 0.660. The van der Waals surface area contributed by atoms with E-state index in [1.165, 1.54) is 6.07 Å². The maximum Gasteiger partial charge on any atom is 0.226 e. The second-order valence-electron chi connectivity index (χ2n) is 8.64. The number of benzene rings is 2. The number of phenols is 1. The van der Waals surface area contributed by atoms with E-state index >= 15 is 0 Å². The third-order valence-electron chi connectivity index (χ3n) is 5.63. The molecule has 0 bridgehead atoms. The summed E-state index contributed by atoms with van der Waals surface area (Å²) in [4.78, 5) is 17.7. The Kier molecular flexibility index (Phi) is 4.03.